The Morgan fingerprint density at radius 3 is 2.60 bits per heavy atom. The molecule has 1 atom stereocenters. The van der Waals surface area contributed by atoms with E-state index < -0.39 is 29.0 Å². The second-order valence-electron chi connectivity index (χ2n) is 5.46. The summed E-state index contributed by atoms with van der Waals surface area (Å²) in [5, 5.41) is 14.5. The molecule has 2 rings (SSSR count). The SMILES string of the molecule is C/C=C/CC(NC(=O)CCn1[nH]c(=O)c2ccccc2c1=O)C(=O)O. The predicted molar refractivity (Wildman–Crippen MR) is 92.4 cm³/mol. The lowest BCUT2D eigenvalue weighted by Crippen LogP contribution is -2.41. The van der Waals surface area contributed by atoms with Crippen LogP contribution in [-0.4, -0.2) is 32.8 Å². The first-order valence-corrected chi connectivity index (χ1v) is 7.79. The normalized spacial score (nSPS) is 12.4. The molecule has 132 valence electrons. The van der Waals surface area contributed by atoms with Crippen molar-refractivity contribution in [3.8, 4) is 0 Å². The number of carboxylic acids is 1. The summed E-state index contributed by atoms with van der Waals surface area (Å²) in [5.74, 6) is -1.65. The lowest BCUT2D eigenvalue weighted by molar-refractivity contribution is -0.141. The number of nitrogens with one attached hydrogen (secondary N) is 2. The Bertz CT molecular complexity index is 926. The van der Waals surface area contributed by atoms with E-state index in [1.54, 1.807) is 43.3 Å². The van der Waals surface area contributed by atoms with Crippen molar-refractivity contribution in [3.63, 3.8) is 0 Å². The summed E-state index contributed by atoms with van der Waals surface area (Å²) in [7, 11) is 0. The van der Waals surface area contributed by atoms with Crippen molar-refractivity contribution in [2.45, 2.75) is 32.4 Å². The minimum atomic E-state index is -1.14. The Kier molecular flexibility index (Phi) is 5.89. The molecule has 0 radical (unpaired) electrons. The number of aromatic amines is 1. The van der Waals surface area contributed by atoms with Crippen LogP contribution in [0.25, 0.3) is 10.8 Å². The van der Waals surface area contributed by atoms with Gasteiger partial charge in [-0.25, -0.2) is 9.48 Å². The molecule has 1 heterocycles. The van der Waals surface area contributed by atoms with Crippen molar-refractivity contribution in [3.05, 3.63) is 57.1 Å². The van der Waals surface area contributed by atoms with Gasteiger partial charge in [0.2, 0.25) is 5.91 Å². The number of aryl methyl sites for hydroxylation is 1. The molecule has 0 bridgehead atoms. The highest BCUT2D eigenvalue weighted by Crippen LogP contribution is 2.02. The van der Waals surface area contributed by atoms with Crippen molar-refractivity contribution in [2.24, 2.45) is 0 Å². The third-order valence-corrected chi connectivity index (χ3v) is 3.69. The number of benzene rings is 1. The molecular weight excluding hydrogens is 326 g/mol. The molecule has 1 amide bonds. The highest BCUT2D eigenvalue weighted by atomic mass is 16.4. The van der Waals surface area contributed by atoms with Gasteiger partial charge < -0.3 is 10.4 Å². The van der Waals surface area contributed by atoms with E-state index >= 15 is 0 Å². The van der Waals surface area contributed by atoms with Crippen molar-refractivity contribution in [1.82, 2.24) is 15.1 Å². The van der Waals surface area contributed by atoms with E-state index in [4.69, 9.17) is 5.11 Å². The fourth-order valence-corrected chi connectivity index (χ4v) is 2.38. The lowest BCUT2D eigenvalue weighted by atomic mass is 10.2. The maximum atomic E-state index is 12.3. The summed E-state index contributed by atoms with van der Waals surface area (Å²) in [5.41, 5.74) is -0.834. The van der Waals surface area contributed by atoms with Gasteiger partial charge in [-0.15, -0.1) is 0 Å². The van der Waals surface area contributed by atoms with E-state index in [-0.39, 0.29) is 30.2 Å². The van der Waals surface area contributed by atoms with Gasteiger partial charge in [-0.05, 0) is 25.5 Å². The second-order valence-corrected chi connectivity index (χ2v) is 5.46. The number of aromatic nitrogens is 2. The predicted octanol–water partition coefficient (Wildman–Crippen LogP) is 0.615. The highest BCUT2D eigenvalue weighted by Gasteiger charge is 2.18. The van der Waals surface area contributed by atoms with Crippen LogP contribution in [0.15, 0.2) is 46.0 Å². The van der Waals surface area contributed by atoms with Crippen molar-refractivity contribution < 1.29 is 14.7 Å². The van der Waals surface area contributed by atoms with Crippen LogP contribution >= 0.6 is 0 Å². The van der Waals surface area contributed by atoms with E-state index in [0.29, 0.717) is 0 Å². The Labute approximate surface area is 142 Å². The number of hydrogen-bond donors (Lipinski definition) is 3. The molecule has 0 spiro atoms. The number of carbonyl (C=O) groups excluding carboxylic acids is 1. The number of amides is 1. The molecule has 3 N–H and O–H groups in total. The van der Waals surface area contributed by atoms with Gasteiger partial charge in [0.25, 0.3) is 11.1 Å². The van der Waals surface area contributed by atoms with E-state index in [9.17, 15) is 19.2 Å². The number of H-pyrrole nitrogens is 1. The Morgan fingerprint density at radius 2 is 1.96 bits per heavy atom. The quantitative estimate of drug-likeness (QED) is 0.635. The first-order chi connectivity index (χ1) is 11.9. The van der Waals surface area contributed by atoms with Crippen molar-refractivity contribution in [1.29, 1.82) is 0 Å². The molecule has 0 aliphatic carbocycles. The number of nitrogens with zero attached hydrogens (tertiary/aromatic N) is 1. The van der Waals surface area contributed by atoms with Crippen LogP contribution < -0.4 is 16.4 Å². The van der Waals surface area contributed by atoms with E-state index in [2.05, 4.69) is 10.4 Å². The smallest absolute Gasteiger partial charge is 0.326 e. The standard InChI is InChI=1S/C17H19N3O5/c1-2-3-8-13(17(24)25)18-14(21)9-10-20-16(23)12-7-5-4-6-11(12)15(22)19-20/h2-7,13H,8-10H2,1H3,(H,18,21)(H,19,22)(H,24,25)/b3-2+. The largest absolute Gasteiger partial charge is 0.480 e. The van der Waals surface area contributed by atoms with Crippen LogP contribution in [0.4, 0.5) is 0 Å². The van der Waals surface area contributed by atoms with Crippen LogP contribution in [0.3, 0.4) is 0 Å². The number of carbonyl (C=O) groups is 2. The van der Waals surface area contributed by atoms with E-state index in [1.165, 1.54) is 0 Å². The van der Waals surface area contributed by atoms with Crippen LogP contribution in [0.1, 0.15) is 19.8 Å². The topological polar surface area (TPSA) is 121 Å². The fraction of sp³-hybridized carbons (Fsp3) is 0.294. The number of carboxylic acid groups (broad SMARTS) is 1. The molecule has 1 aromatic heterocycles. The molecule has 1 aromatic carbocycles. The van der Waals surface area contributed by atoms with Crippen LogP contribution in [0.2, 0.25) is 0 Å². The van der Waals surface area contributed by atoms with Crippen LogP contribution in [0, 0.1) is 0 Å². The maximum absolute atomic E-state index is 12.3. The molecule has 2 aromatic rings. The van der Waals surface area contributed by atoms with Gasteiger partial charge in [0.1, 0.15) is 6.04 Å². The summed E-state index contributed by atoms with van der Waals surface area (Å²) >= 11 is 0. The zero-order valence-corrected chi connectivity index (χ0v) is 13.7. The molecule has 1 unspecified atom stereocenters. The number of fused-ring (bicyclic) bond motifs is 1. The third kappa shape index (κ3) is 4.43. The van der Waals surface area contributed by atoms with Gasteiger partial charge in [0.15, 0.2) is 0 Å². The number of aliphatic carboxylic acids is 1. The van der Waals surface area contributed by atoms with Gasteiger partial charge in [0.05, 0.1) is 17.3 Å². The summed E-state index contributed by atoms with van der Waals surface area (Å²) in [4.78, 5) is 47.4. The first-order valence-electron chi connectivity index (χ1n) is 7.79. The molecule has 25 heavy (non-hydrogen) atoms. The monoisotopic (exact) mass is 345 g/mol. The lowest BCUT2D eigenvalue weighted by Gasteiger charge is -2.13. The molecule has 8 heteroatoms. The Morgan fingerprint density at radius 1 is 1.28 bits per heavy atom. The van der Waals surface area contributed by atoms with Crippen molar-refractivity contribution >= 4 is 22.6 Å². The van der Waals surface area contributed by atoms with Gasteiger partial charge in [0, 0.05) is 6.42 Å². The van der Waals surface area contributed by atoms with E-state index in [0.717, 1.165) is 4.68 Å². The van der Waals surface area contributed by atoms with Gasteiger partial charge in [-0.1, -0.05) is 24.3 Å². The summed E-state index contributed by atoms with van der Waals surface area (Å²) in [6, 6.07) is 5.37. The fourth-order valence-electron chi connectivity index (χ4n) is 2.38. The summed E-state index contributed by atoms with van der Waals surface area (Å²) < 4.78 is 1.06. The average Bonchev–Trinajstić information content (AvgIpc) is 2.60. The number of hydrogen-bond acceptors (Lipinski definition) is 4. The molecular formula is C17H19N3O5. The molecule has 0 saturated carbocycles. The minimum absolute atomic E-state index is 0.0549. The van der Waals surface area contributed by atoms with E-state index in [1.807, 2.05) is 0 Å². The average molecular weight is 345 g/mol. The van der Waals surface area contributed by atoms with Gasteiger partial charge >= 0.3 is 5.97 Å². The number of allylic oxidation sites excluding steroid dienone is 1. The summed E-state index contributed by atoms with van der Waals surface area (Å²) in [6.07, 6.45) is 3.38. The summed E-state index contributed by atoms with van der Waals surface area (Å²) in [6.45, 7) is 1.70. The number of rotatable bonds is 7. The second kappa shape index (κ2) is 8.09. The first kappa shape index (κ1) is 18.2. The minimum Gasteiger partial charge on any atom is -0.480 e. The Balaban J connectivity index is 2.11. The zero-order valence-electron chi connectivity index (χ0n) is 13.7. The van der Waals surface area contributed by atoms with Crippen LogP contribution in [-0.2, 0) is 16.1 Å². The third-order valence-electron chi connectivity index (χ3n) is 3.69. The van der Waals surface area contributed by atoms with Crippen LogP contribution in [0.5, 0.6) is 0 Å². The molecule has 0 aliphatic rings. The molecule has 0 aliphatic heterocycles. The van der Waals surface area contributed by atoms with Gasteiger partial charge in [-0.3, -0.25) is 19.5 Å². The highest BCUT2D eigenvalue weighted by molar-refractivity contribution is 5.83. The molecule has 0 saturated heterocycles. The van der Waals surface area contributed by atoms with Gasteiger partial charge in [-0.2, -0.15) is 0 Å². The zero-order chi connectivity index (χ0) is 18.4. The molecule has 0 fully saturated rings. The maximum Gasteiger partial charge on any atom is 0.326 e. The van der Waals surface area contributed by atoms with Crippen molar-refractivity contribution in [2.75, 3.05) is 0 Å². The molecule has 8 nitrogen and oxygen atoms in total. The Hall–Kier alpha value is -3.16.